The predicted molar refractivity (Wildman–Crippen MR) is 98.4 cm³/mol. The van der Waals surface area contributed by atoms with Gasteiger partial charge in [0.1, 0.15) is 6.07 Å². The average Bonchev–Trinajstić information content (AvgIpc) is 2.52. The lowest BCUT2D eigenvalue weighted by Crippen LogP contribution is -2.36. The summed E-state index contributed by atoms with van der Waals surface area (Å²) in [5.41, 5.74) is 4.82. The number of anilines is 1. The summed E-state index contributed by atoms with van der Waals surface area (Å²) < 4.78 is 5.99. The van der Waals surface area contributed by atoms with E-state index in [1.54, 1.807) is 0 Å². The zero-order valence-electron chi connectivity index (χ0n) is 16.1. The van der Waals surface area contributed by atoms with Crippen LogP contribution in [0.5, 0.6) is 0 Å². The van der Waals surface area contributed by atoms with Crippen LogP contribution in [0.3, 0.4) is 0 Å². The number of hydrogen-bond acceptors (Lipinski definition) is 4. The molecule has 0 radical (unpaired) electrons. The summed E-state index contributed by atoms with van der Waals surface area (Å²) in [4.78, 5) is 7.23. The van der Waals surface area contributed by atoms with Crippen molar-refractivity contribution in [1.29, 1.82) is 5.26 Å². The summed E-state index contributed by atoms with van der Waals surface area (Å²) in [6.07, 6.45) is 2.94. The maximum atomic E-state index is 9.92. The van der Waals surface area contributed by atoms with E-state index in [4.69, 9.17) is 9.72 Å². The Balaban J connectivity index is 2.71. The minimum absolute atomic E-state index is 0.209. The molecule has 1 aliphatic rings. The van der Waals surface area contributed by atoms with Gasteiger partial charge in [-0.1, -0.05) is 27.7 Å². The highest BCUT2D eigenvalue weighted by Crippen LogP contribution is 2.38. The molecule has 4 nitrogen and oxygen atoms in total. The lowest BCUT2D eigenvalue weighted by molar-refractivity contribution is -0.0419. The summed E-state index contributed by atoms with van der Waals surface area (Å²) in [5.74, 6) is 0.226. The number of hydrogen-bond donors (Lipinski definition) is 0. The van der Waals surface area contributed by atoms with Crippen LogP contribution in [0, 0.1) is 11.3 Å². The van der Waals surface area contributed by atoms with E-state index in [1.807, 2.05) is 0 Å². The molecule has 0 saturated carbocycles. The standard InChI is InChI=1S/C20H31N3O/c1-7-9-23(10-8-2)19-15-11-20(5,6)24-13-17(15)22-18(14(3)4)16(19)12-21/h14H,7-11,13H2,1-6H3. The Hall–Kier alpha value is -1.60. The maximum Gasteiger partial charge on any atom is 0.103 e. The van der Waals surface area contributed by atoms with Gasteiger partial charge in [-0.05, 0) is 32.6 Å². The van der Waals surface area contributed by atoms with Crippen LogP contribution >= 0.6 is 0 Å². The van der Waals surface area contributed by atoms with E-state index >= 15 is 0 Å². The highest BCUT2D eigenvalue weighted by molar-refractivity contribution is 5.68. The summed E-state index contributed by atoms with van der Waals surface area (Å²) in [5, 5.41) is 9.92. The molecule has 0 amide bonds. The molecule has 0 spiro atoms. The summed E-state index contributed by atoms with van der Waals surface area (Å²) in [6.45, 7) is 15.3. The number of rotatable bonds is 6. The van der Waals surface area contributed by atoms with Crippen molar-refractivity contribution in [3.8, 4) is 6.07 Å². The third-order valence-electron chi connectivity index (χ3n) is 4.55. The molecule has 2 rings (SSSR count). The van der Waals surface area contributed by atoms with Crippen molar-refractivity contribution in [2.75, 3.05) is 18.0 Å². The number of nitriles is 1. The number of aromatic nitrogens is 1. The fourth-order valence-electron chi connectivity index (χ4n) is 3.48. The topological polar surface area (TPSA) is 49.2 Å². The molecule has 4 heteroatoms. The fourth-order valence-corrected chi connectivity index (χ4v) is 3.48. The van der Waals surface area contributed by atoms with E-state index in [0.29, 0.717) is 6.61 Å². The molecule has 0 fully saturated rings. The van der Waals surface area contributed by atoms with Crippen molar-refractivity contribution < 1.29 is 4.74 Å². The van der Waals surface area contributed by atoms with Crippen molar-refractivity contribution in [2.24, 2.45) is 0 Å². The Morgan fingerprint density at radius 2 is 1.88 bits per heavy atom. The van der Waals surface area contributed by atoms with Crippen molar-refractivity contribution in [3.63, 3.8) is 0 Å². The minimum Gasteiger partial charge on any atom is -0.370 e. The SMILES string of the molecule is CCCN(CCC)c1c(C#N)c(C(C)C)nc2c1CC(C)(C)OC2. The monoisotopic (exact) mass is 329 g/mol. The van der Waals surface area contributed by atoms with Crippen LogP contribution in [0.15, 0.2) is 0 Å². The van der Waals surface area contributed by atoms with E-state index in [0.717, 1.165) is 55.0 Å². The van der Waals surface area contributed by atoms with Gasteiger partial charge in [0.15, 0.2) is 0 Å². The number of nitrogens with zero attached hydrogens (tertiary/aromatic N) is 3. The molecule has 1 aromatic heterocycles. The largest absolute Gasteiger partial charge is 0.370 e. The lowest BCUT2D eigenvalue weighted by atomic mass is 9.89. The van der Waals surface area contributed by atoms with E-state index in [-0.39, 0.29) is 11.5 Å². The van der Waals surface area contributed by atoms with E-state index < -0.39 is 0 Å². The summed E-state index contributed by atoms with van der Waals surface area (Å²) >= 11 is 0. The van der Waals surface area contributed by atoms with E-state index in [2.05, 4.69) is 52.5 Å². The van der Waals surface area contributed by atoms with E-state index in [1.165, 1.54) is 5.56 Å². The molecule has 0 N–H and O–H groups in total. The lowest BCUT2D eigenvalue weighted by Gasteiger charge is -2.36. The normalized spacial score (nSPS) is 15.9. The quantitative estimate of drug-likeness (QED) is 0.768. The molecule has 1 aliphatic heterocycles. The molecule has 0 atom stereocenters. The van der Waals surface area contributed by atoms with Gasteiger partial charge in [0.05, 0.1) is 34.8 Å². The van der Waals surface area contributed by atoms with Crippen LogP contribution in [0.1, 0.15) is 82.8 Å². The number of fused-ring (bicyclic) bond motifs is 1. The predicted octanol–water partition coefficient (Wildman–Crippen LogP) is 4.55. The first-order chi connectivity index (χ1) is 11.3. The summed E-state index contributed by atoms with van der Waals surface area (Å²) in [7, 11) is 0. The highest BCUT2D eigenvalue weighted by Gasteiger charge is 2.33. The van der Waals surface area contributed by atoms with Gasteiger partial charge in [-0.25, -0.2) is 0 Å². The number of ether oxygens (including phenoxy) is 1. The average molecular weight is 329 g/mol. The van der Waals surface area contributed by atoms with Gasteiger partial charge in [0.2, 0.25) is 0 Å². The Labute approximate surface area is 146 Å². The van der Waals surface area contributed by atoms with Crippen LogP contribution in [-0.4, -0.2) is 23.7 Å². The van der Waals surface area contributed by atoms with Gasteiger partial charge in [0.25, 0.3) is 0 Å². The second-order valence-electron chi connectivity index (χ2n) is 7.62. The van der Waals surface area contributed by atoms with Crippen LogP contribution in [0.2, 0.25) is 0 Å². The van der Waals surface area contributed by atoms with Crippen molar-refractivity contribution in [2.45, 2.75) is 78.9 Å². The first-order valence-electron chi connectivity index (χ1n) is 9.19. The van der Waals surface area contributed by atoms with Crippen LogP contribution < -0.4 is 4.90 Å². The van der Waals surface area contributed by atoms with E-state index in [9.17, 15) is 5.26 Å². The second kappa shape index (κ2) is 7.53. The molecule has 0 aromatic carbocycles. The zero-order valence-corrected chi connectivity index (χ0v) is 16.1. The molecule has 24 heavy (non-hydrogen) atoms. The fraction of sp³-hybridized carbons (Fsp3) is 0.700. The van der Waals surface area contributed by atoms with Crippen molar-refractivity contribution >= 4 is 5.69 Å². The van der Waals surface area contributed by atoms with Crippen LogP contribution in [0.25, 0.3) is 0 Å². The molecular weight excluding hydrogens is 298 g/mol. The first-order valence-corrected chi connectivity index (χ1v) is 9.19. The van der Waals surface area contributed by atoms with Crippen molar-refractivity contribution in [1.82, 2.24) is 4.98 Å². The maximum absolute atomic E-state index is 9.92. The summed E-state index contributed by atoms with van der Waals surface area (Å²) in [6, 6.07) is 2.48. The van der Waals surface area contributed by atoms with Gasteiger partial charge in [-0.2, -0.15) is 5.26 Å². The third kappa shape index (κ3) is 3.72. The molecule has 0 aliphatic carbocycles. The Morgan fingerprint density at radius 1 is 1.25 bits per heavy atom. The molecule has 2 heterocycles. The molecule has 0 saturated heterocycles. The first kappa shape index (κ1) is 18.7. The molecule has 0 unspecified atom stereocenters. The van der Waals surface area contributed by atoms with Gasteiger partial charge in [-0.15, -0.1) is 0 Å². The Kier molecular flexibility index (Phi) is 5.87. The molecule has 132 valence electrons. The molecule has 0 bridgehead atoms. The molecule has 1 aromatic rings. The smallest absolute Gasteiger partial charge is 0.103 e. The minimum atomic E-state index is -0.209. The van der Waals surface area contributed by atoms with Gasteiger partial charge in [0, 0.05) is 25.1 Å². The van der Waals surface area contributed by atoms with Gasteiger partial charge in [-0.3, -0.25) is 4.98 Å². The Morgan fingerprint density at radius 3 is 2.38 bits per heavy atom. The zero-order chi connectivity index (χ0) is 17.9. The molecular formula is C20H31N3O. The van der Waals surface area contributed by atoms with Crippen LogP contribution in [0.4, 0.5) is 5.69 Å². The van der Waals surface area contributed by atoms with Gasteiger partial charge < -0.3 is 9.64 Å². The third-order valence-corrected chi connectivity index (χ3v) is 4.55. The van der Waals surface area contributed by atoms with Crippen molar-refractivity contribution in [3.05, 3.63) is 22.5 Å². The Bertz CT molecular complexity index is 623. The highest BCUT2D eigenvalue weighted by atomic mass is 16.5. The van der Waals surface area contributed by atoms with Gasteiger partial charge >= 0.3 is 0 Å². The second-order valence-corrected chi connectivity index (χ2v) is 7.62. The number of pyridine rings is 1. The van der Waals surface area contributed by atoms with Crippen LogP contribution in [-0.2, 0) is 17.8 Å².